The fraction of sp³-hybridized carbons (Fsp3) is 0.444. The van der Waals surface area contributed by atoms with Crippen LogP contribution in [0.15, 0.2) is 178 Å². The van der Waals surface area contributed by atoms with E-state index >= 15 is 0 Å². The van der Waals surface area contributed by atoms with Gasteiger partial charge in [0.05, 0.1) is 57.7 Å². The van der Waals surface area contributed by atoms with Crippen molar-refractivity contribution in [2.24, 2.45) is 16.3 Å². The quantitative estimate of drug-likeness (QED) is 0.0489. The summed E-state index contributed by atoms with van der Waals surface area (Å²) in [6, 6.07) is 31.1. The summed E-state index contributed by atoms with van der Waals surface area (Å²) in [5, 5.41) is 22.6. The van der Waals surface area contributed by atoms with Crippen LogP contribution in [-0.4, -0.2) is 158 Å². The van der Waals surface area contributed by atoms with E-state index in [-0.39, 0.29) is 79.5 Å². The number of halogens is 4. The lowest BCUT2D eigenvalue weighted by molar-refractivity contribution is -0.192. The molecule has 3 saturated heterocycles. The van der Waals surface area contributed by atoms with Gasteiger partial charge in [-0.1, -0.05) is 44.2 Å². The van der Waals surface area contributed by atoms with Crippen molar-refractivity contribution in [1.29, 1.82) is 0 Å². The maximum Gasteiger partial charge on any atom is 0.350 e. The highest BCUT2D eigenvalue weighted by Gasteiger charge is 2.47. The van der Waals surface area contributed by atoms with Crippen molar-refractivity contribution in [1.82, 2.24) is 53.4 Å². The summed E-state index contributed by atoms with van der Waals surface area (Å²) in [5.41, 5.74) is 4.37. The lowest BCUT2D eigenvalue weighted by Crippen LogP contribution is -2.46. The van der Waals surface area contributed by atoms with Crippen LogP contribution >= 0.6 is 0 Å². The number of benzene rings is 5. The molecule has 8 aromatic rings. The molecule has 7 heterocycles. The minimum atomic E-state index is -1.46. The van der Waals surface area contributed by atoms with Crippen molar-refractivity contribution < 1.29 is 41.2 Å². The molecule has 3 fully saturated rings. The first-order valence-electron chi connectivity index (χ1n) is 34.0. The molecule has 4 aliphatic heterocycles. The number of nitrogens with zero attached hydrogens (tertiary/aromatic N) is 16. The van der Waals surface area contributed by atoms with Gasteiger partial charge in [-0.3, -0.25) is 14.1 Å². The van der Waals surface area contributed by atoms with Gasteiger partial charge in [-0.25, -0.2) is 41.5 Å². The molecule has 0 bridgehead atoms. The van der Waals surface area contributed by atoms with Gasteiger partial charge in [0.15, 0.2) is 0 Å². The van der Waals surface area contributed by atoms with Crippen LogP contribution in [-0.2, 0) is 32.1 Å². The Morgan fingerprint density at radius 3 is 1.81 bits per heavy atom. The largest absolute Gasteiger partial charge is 0.493 e. The highest BCUT2D eigenvalue weighted by Crippen LogP contribution is 2.39. The Balaban J connectivity index is 0.000000188. The molecule has 5 aliphatic rings. The summed E-state index contributed by atoms with van der Waals surface area (Å²) < 4.78 is 95.8. The molecule has 524 valence electrons. The molecule has 7 unspecified atom stereocenters. The summed E-state index contributed by atoms with van der Waals surface area (Å²) >= 11 is 0. The fourth-order valence-corrected chi connectivity index (χ4v) is 12.8. The highest BCUT2D eigenvalue weighted by molar-refractivity contribution is 5.55. The normalized spacial score (nSPS) is 20.1. The minimum Gasteiger partial charge on any atom is -0.493 e. The van der Waals surface area contributed by atoms with E-state index in [0.29, 0.717) is 25.4 Å². The number of anilines is 3. The van der Waals surface area contributed by atoms with E-state index in [1.165, 1.54) is 47.3 Å². The van der Waals surface area contributed by atoms with Crippen molar-refractivity contribution in [3.05, 3.63) is 214 Å². The van der Waals surface area contributed by atoms with Crippen LogP contribution in [0.4, 0.5) is 34.6 Å². The molecule has 0 amide bonds. The maximum atomic E-state index is 14.9. The Kier molecular flexibility index (Phi) is 21.8. The molecule has 13 rings (SSSR count). The summed E-state index contributed by atoms with van der Waals surface area (Å²) in [4.78, 5) is 39.0. The zero-order valence-corrected chi connectivity index (χ0v) is 56.8. The molecule has 0 radical (unpaired) electrons. The average Bonchev–Trinajstić information content (AvgIpc) is 1.68. The zero-order valence-electron chi connectivity index (χ0n) is 56.8. The van der Waals surface area contributed by atoms with E-state index in [1.54, 1.807) is 43.1 Å². The van der Waals surface area contributed by atoms with Crippen molar-refractivity contribution in [3.63, 3.8) is 0 Å². The van der Waals surface area contributed by atoms with Gasteiger partial charge < -0.3 is 43.3 Å². The molecule has 0 saturated carbocycles. The standard InChI is InChI=1S/C37H46F2N8O3.C35H40F2N8O4/c1-5-28(3)46-26-42-47(36(46)48)32-9-7-30(8-10-32)43-16-18-44(19-17-43)31-11-13-33(14-12-31)49-21-27(2)22-50-37(4,23-45-25-40-24-41-45)34-15-6-29(38)20-35(34)39;1-3-25(2)44-24-39-45(34(44)46)29-7-5-27(6-8-29)41-16-18-42(19-17-41)28-9-11-30(12-10-28)47-21-31-22-48-35(49-31,23-43-15-14-38-40-43)32-13-4-26(36)20-33(32)37/h6-9,11-15,20,24-28,32H,5,10,16-19,21-23H2,1-4H3;4-13,20,24-25,31H,3,14-19,21-23H2,1-2H3. The van der Waals surface area contributed by atoms with Gasteiger partial charge in [0.25, 0.3) is 0 Å². The number of hydrogen-bond acceptors (Lipinski definition) is 18. The van der Waals surface area contributed by atoms with Crippen LogP contribution in [0.2, 0.25) is 0 Å². The second-order valence-corrected chi connectivity index (χ2v) is 26.0. The van der Waals surface area contributed by atoms with Gasteiger partial charge in [-0.05, 0) is 137 Å². The number of allylic oxidation sites excluding steroid dienone is 3. The minimum absolute atomic E-state index is 0.0113. The number of hydrogen-bond donors (Lipinski definition) is 0. The van der Waals surface area contributed by atoms with Gasteiger partial charge in [-0.15, -0.1) is 0 Å². The number of ether oxygens (including phenoxy) is 5. The first-order chi connectivity index (χ1) is 47.9. The molecule has 7 atom stereocenters. The molecule has 1 aliphatic carbocycles. The van der Waals surface area contributed by atoms with Crippen molar-refractivity contribution in [3.8, 4) is 17.2 Å². The van der Waals surface area contributed by atoms with E-state index in [2.05, 4.69) is 94.4 Å². The third-order valence-electron chi connectivity index (χ3n) is 19.0. The van der Waals surface area contributed by atoms with Crippen LogP contribution in [0.5, 0.6) is 11.5 Å². The predicted octanol–water partition coefficient (Wildman–Crippen LogP) is 10.7. The van der Waals surface area contributed by atoms with Crippen LogP contribution in [0.1, 0.15) is 90.1 Å². The SMILES string of the molecule is CCC(C)n1cnn(-c2ccc(N3CCN(c4ccc(OCC5COC(CN6CCN=N6)(c6ccc(F)cc6F)O5)cc4)CC3)cc2)c1=O.CCC(C)n1cnn(C2C=CC(N3CCN(c4ccc(OCC(C)COC(C)(Cn5cncn5)c5ccc(F)cc5F)cc4)CC3)=CC2)c1=O. The second kappa shape index (κ2) is 31.1. The van der Waals surface area contributed by atoms with E-state index in [0.717, 1.165) is 112 Å². The number of rotatable bonds is 25. The van der Waals surface area contributed by atoms with E-state index in [1.807, 2.05) is 81.4 Å². The van der Waals surface area contributed by atoms with Crippen LogP contribution in [0.3, 0.4) is 0 Å². The van der Waals surface area contributed by atoms with Crippen LogP contribution in [0, 0.1) is 29.2 Å². The predicted molar refractivity (Wildman–Crippen MR) is 366 cm³/mol. The van der Waals surface area contributed by atoms with Gasteiger partial charge in [0, 0.05) is 116 Å². The van der Waals surface area contributed by atoms with Crippen molar-refractivity contribution in [2.75, 3.05) is 113 Å². The smallest absolute Gasteiger partial charge is 0.350 e. The molecular weight excluding hydrogens is 1280 g/mol. The van der Waals surface area contributed by atoms with E-state index in [9.17, 15) is 27.2 Å². The van der Waals surface area contributed by atoms with E-state index in [4.69, 9.17) is 23.7 Å². The summed E-state index contributed by atoms with van der Waals surface area (Å²) in [6.07, 6.45) is 14.6. The molecule has 0 N–H and O–H groups in total. The summed E-state index contributed by atoms with van der Waals surface area (Å²) in [6.45, 7) is 21.4. The van der Waals surface area contributed by atoms with Crippen molar-refractivity contribution in [2.45, 2.75) is 103 Å². The first-order valence-corrected chi connectivity index (χ1v) is 34.0. The van der Waals surface area contributed by atoms with Gasteiger partial charge in [0.1, 0.15) is 78.4 Å². The molecule has 5 aromatic carbocycles. The van der Waals surface area contributed by atoms with E-state index < -0.39 is 40.8 Å². The van der Waals surface area contributed by atoms with Gasteiger partial charge in [-0.2, -0.15) is 25.1 Å². The topological polar surface area (TPSA) is 197 Å². The average molecular weight is 1360 g/mol. The zero-order chi connectivity index (χ0) is 69.2. The first kappa shape index (κ1) is 69.3. The van der Waals surface area contributed by atoms with Gasteiger partial charge in [0.2, 0.25) is 5.79 Å². The Morgan fingerprint density at radius 2 is 1.23 bits per heavy atom. The second-order valence-electron chi connectivity index (χ2n) is 26.0. The third kappa shape index (κ3) is 16.3. The molecule has 23 nitrogen and oxygen atoms in total. The highest BCUT2D eigenvalue weighted by atomic mass is 19.1. The Bertz CT molecular complexity index is 4190. The maximum absolute atomic E-state index is 14.9. The Morgan fingerprint density at radius 1 is 0.646 bits per heavy atom. The number of piperazine rings is 2. The molecular formula is C72H86F4N16O7. The fourth-order valence-electron chi connectivity index (χ4n) is 12.8. The molecule has 27 heteroatoms. The molecule has 0 spiro atoms. The molecule has 99 heavy (non-hydrogen) atoms. The van der Waals surface area contributed by atoms with Crippen LogP contribution in [0.25, 0.3) is 5.69 Å². The monoisotopic (exact) mass is 1360 g/mol. The Labute approximate surface area is 572 Å². The lowest BCUT2D eigenvalue weighted by Gasteiger charge is -2.38. The van der Waals surface area contributed by atoms with Crippen molar-refractivity contribution >= 4 is 17.1 Å². The van der Waals surface area contributed by atoms with Crippen LogP contribution < -0.4 is 35.6 Å². The number of aromatic nitrogens is 9. The summed E-state index contributed by atoms with van der Waals surface area (Å²) in [5.74, 6) is -2.76. The van der Waals surface area contributed by atoms with Gasteiger partial charge >= 0.3 is 11.4 Å². The summed E-state index contributed by atoms with van der Waals surface area (Å²) in [7, 11) is 0. The molecule has 3 aromatic heterocycles. The Hall–Kier alpha value is -9.60. The lowest BCUT2D eigenvalue weighted by atomic mass is 9.94. The third-order valence-corrected chi connectivity index (χ3v) is 19.0.